The molecule has 148 valence electrons. The minimum Gasteiger partial charge on any atom is -0.393 e. The van der Waals surface area contributed by atoms with Crippen LogP contribution in [0.5, 0.6) is 0 Å². The van der Waals surface area contributed by atoms with Crippen molar-refractivity contribution in [2.45, 2.75) is 83.2 Å². The van der Waals surface area contributed by atoms with E-state index in [2.05, 4.69) is 19.9 Å². The first-order valence-electron chi connectivity index (χ1n) is 10.9. The lowest BCUT2D eigenvalue weighted by Gasteiger charge is -2.69. The van der Waals surface area contributed by atoms with Crippen molar-refractivity contribution < 1.29 is 19.7 Å². The maximum absolute atomic E-state index is 10.8. The Labute approximate surface area is 158 Å². The van der Waals surface area contributed by atoms with Gasteiger partial charge in [-0.3, -0.25) is 0 Å². The third kappa shape index (κ3) is 2.71. The molecule has 26 heavy (non-hydrogen) atoms. The van der Waals surface area contributed by atoms with Crippen LogP contribution in [0.3, 0.4) is 0 Å². The van der Waals surface area contributed by atoms with Crippen LogP contribution >= 0.6 is 0 Å². The van der Waals surface area contributed by atoms with Gasteiger partial charge in [-0.05, 0) is 43.9 Å². The van der Waals surface area contributed by atoms with Crippen molar-refractivity contribution in [2.75, 3.05) is 13.2 Å². The van der Waals surface area contributed by atoms with E-state index >= 15 is 0 Å². The summed E-state index contributed by atoms with van der Waals surface area (Å²) in [7, 11) is 0. The van der Waals surface area contributed by atoms with Crippen LogP contribution in [0.1, 0.15) is 65.2 Å². The second kappa shape index (κ2) is 7.20. The van der Waals surface area contributed by atoms with Gasteiger partial charge in [0.2, 0.25) is 0 Å². The van der Waals surface area contributed by atoms with E-state index < -0.39 is 5.79 Å². The Bertz CT molecular complexity index is 520. The third-order valence-electron chi connectivity index (χ3n) is 8.09. The zero-order valence-electron chi connectivity index (χ0n) is 16.4. The molecule has 1 spiro atoms. The molecule has 0 aromatic heterocycles. The molecule has 0 radical (unpaired) electrons. The molecule has 0 aromatic carbocycles. The van der Waals surface area contributed by atoms with Gasteiger partial charge in [0.1, 0.15) is 0 Å². The Balaban J connectivity index is 1.52. The zero-order chi connectivity index (χ0) is 18.4. The number of hydrogen-bond acceptors (Lipinski definition) is 4. The molecule has 1 unspecified atom stereocenters. The summed E-state index contributed by atoms with van der Waals surface area (Å²) in [6.45, 7) is 5.86. The highest BCUT2D eigenvalue weighted by Gasteiger charge is 2.74. The second-order valence-corrected chi connectivity index (χ2v) is 9.28. The predicted molar refractivity (Wildman–Crippen MR) is 100 cm³/mol. The van der Waals surface area contributed by atoms with Crippen LogP contribution in [0.2, 0.25) is 0 Å². The van der Waals surface area contributed by atoms with Crippen LogP contribution in [-0.2, 0) is 9.47 Å². The maximum atomic E-state index is 10.8. The van der Waals surface area contributed by atoms with Gasteiger partial charge >= 0.3 is 0 Å². The van der Waals surface area contributed by atoms with Gasteiger partial charge in [-0.15, -0.1) is 0 Å². The average molecular weight is 365 g/mol. The lowest BCUT2D eigenvalue weighted by Crippen LogP contribution is -2.73. The molecule has 3 aliphatic carbocycles. The maximum Gasteiger partial charge on any atom is 0.177 e. The summed E-state index contributed by atoms with van der Waals surface area (Å²) in [6, 6.07) is 0. The van der Waals surface area contributed by atoms with Gasteiger partial charge in [0, 0.05) is 17.3 Å². The topological polar surface area (TPSA) is 58.9 Å². The minimum absolute atomic E-state index is 0.0335. The number of fused-ring (bicyclic) bond motifs is 2. The van der Waals surface area contributed by atoms with Crippen molar-refractivity contribution >= 4 is 0 Å². The van der Waals surface area contributed by atoms with Crippen LogP contribution in [-0.4, -0.2) is 41.4 Å². The number of aliphatic hydroxyl groups excluding tert-OH is 2. The SMILES string of the molecule is CCC1[C@@H]2[C@@H](/C=C/[C@@H](O)C3CCCCC3)[C@H](O)CC[C@]2(C)C12OCCO2. The van der Waals surface area contributed by atoms with Crippen molar-refractivity contribution in [1.82, 2.24) is 0 Å². The van der Waals surface area contributed by atoms with Crippen LogP contribution in [0.25, 0.3) is 0 Å². The first kappa shape index (κ1) is 18.9. The standard InChI is InChI=1S/C22H36O4/c1-3-17-20-16(9-10-18(23)15-7-5-4-6-8-15)19(24)11-12-21(20,2)22(17)25-13-14-26-22/h9-10,15-20,23-24H,3-8,11-14H2,1-2H3/b10-9+/t16-,17?,18+,19+,20-,21-/m0/s1. The third-order valence-corrected chi connectivity index (χ3v) is 8.09. The smallest absolute Gasteiger partial charge is 0.177 e. The molecular formula is C22H36O4. The summed E-state index contributed by atoms with van der Waals surface area (Å²) in [4.78, 5) is 0. The highest BCUT2D eigenvalue weighted by Crippen LogP contribution is 2.70. The quantitative estimate of drug-likeness (QED) is 0.748. The highest BCUT2D eigenvalue weighted by molar-refractivity contribution is 5.21. The molecule has 0 aromatic rings. The highest BCUT2D eigenvalue weighted by atomic mass is 16.7. The Morgan fingerprint density at radius 3 is 2.46 bits per heavy atom. The zero-order valence-corrected chi connectivity index (χ0v) is 16.4. The summed E-state index contributed by atoms with van der Waals surface area (Å²) >= 11 is 0. The van der Waals surface area contributed by atoms with E-state index in [1.54, 1.807) is 0 Å². The molecule has 4 fully saturated rings. The fourth-order valence-corrected chi connectivity index (χ4v) is 6.77. The predicted octanol–water partition coefficient (Wildman–Crippen LogP) is 3.66. The number of hydrogen-bond donors (Lipinski definition) is 2. The summed E-state index contributed by atoms with van der Waals surface area (Å²) in [5.74, 6) is 0.731. The minimum atomic E-state index is -0.444. The molecule has 0 amide bonds. The molecule has 4 rings (SSSR count). The summed E-state index contributed by atoms with van der Waals surface area (Å²) in [5.41, 5.74) is -0.0335. The molecule has 2 N–H and O–H groups in total. The molecule has 4 heteroatoms. The summed E-state index contributed by atoms with van der Waals surface area (Å²) in [6.07, 6.45) is 12.2. The van der Waals surface area contributed by atoms with Crippen molar-refractivity contribution in [3.05, 3.63) is 12.2 Å². The van der Waals surface area contributed by atoms with Crippen LogP contribution < -0.4 is 0 Å². The van der Waals surface area contributed by atoms with Gasteiger partial charge in [0.15, 0.2) is 5.79 Å². The second-order valence-electron chi connectivity index (χ2n) is 9.28. The number of rotatable bonds is 4. The molecule has 4 nitrogen and oxygen atoms in total. The number of ether oxygens (including phenoxy) is 2. The molecule has 1 aliphatic heterocycles. The van der Waals surface area contributed by atoms with Crippen molar-refractivity contribution in [3.63, 3.8) is 0 Å². The lowest BCUT2D eigenvalue weighted by atomic mass is 9.41. The monoisotopic (exact) mass is 364 g/mol. The number of aliphatic hydroxyl groups is 2. The van der Waals surface area contributed by atoms with Crippen molar-refractivity contribution in [3.8, 4) is 0 Å². The van der Waals surface area contributed by atoms with E-state index in [-0.39, 0.29) is 23.5 Å². The Hall–Kier alpha value is -0.420. The molecule has 6 atom stereocenters. The Morgan fingerprint density at radius 1 is 1.12 bits per heavy atom. The fraction of sp³-hybridized carbons (Fsp3) is 0.909. The van der Waals surface area contributed by atoms with Gasteiger partial charge in [0.25, 0.3) is 0 Å². The van der Waals surface area contributed by atoms with Gasteiger partial charge < -0.3 is 19.7 Å². The molecule has 3 saturated carbocycles. The molecular weight excluding hydrogens is 328 g/mol. The average Bonchev–Trinajstić information content (AvgIpc) is 3.18. The van der Waals surface area contributed by atoms with E-state index in [1.807, 2.05) is 6.08 Å². The van der Waals surface area contributed by atoms with Gasteiger partial charge in [-0.25, -0.2) is 0 Å². The van der Waals surface area contributed by atoms with Crippen LogP contribution in [0.15, 0.2) is 12.2 Å². The lowest BCUT2D eigenvalue weighted by molar-refractivity contribution is -0.385. The van der Waals surface area contributed by atoms with E-state index in [0.717, 1.165) is 32.1 Å². The first-order valence-corrected chi connectivity index (χ1v) is 10.9. The van der Waals surface area contributed by atoms with E-state index in [1.165, 1.54) is 19.3 Å². The largest absolute Gasteiger partial charge is 0.393 e. The fourth-order valence-electron chi connectivity index (χ4n) is 6.77. The molecule has 1 saturated heterocycles. The van der Waals surface area contributed by atoms with Crippen LogP contribution in [0, 0.1) is 29.1 Å². The van der Waals surface area contributed by atoms with Gasteiger partial charge in [-0.2, -0.15) is 0 Å². The summed E-state index contributed by atoms with van der Waals surface area (Å²) in [5, 5.41) is 21.4. The van der Waals surface area contributed by atoms with Crippen molar-refractivity contribution in [1.29, 1.82) is 0 Å². The molecule has 0 bridgehead atoms. The van der Waals surface area contributed by atoms with Gasteiger partial charge in [0.05, 0.1) is 25.4 Å². The van der Waals surface area contributed by atoms with E-state index in [9.17, 15) is 10.2 Å². The van der Waals surface area contributed by atoms with E-state index in [0.29, 0.717) is 31.0 Å². The first-order chi connectivity index (χ1) is 12.5. The summed E-state index contributed by atoms with van der Waals surface area (Å²) < 4.78 is 12.4. The van der Waals surface area contributed by atoms with E-state index in [4.69, 9.17) is 9.47 Å². The Morgan fingerprint density at radius 2 is 1.81 bits per heavy atom. The van der Waals surface area contributed by atoms with Crippen LogP contribution in [0.4, 0.5) is 0 Å². The molecule has 1 heterocycles. The normalized spacial score (nSPS) is 44.2. The molecule has 4 aliphatic rings. The van der Waals surface area contributed by atoms with Gasteiger partial charge in [-0.1, -0.05) is 45.3 Å². The van der Waals surface area contributed by atoms with Crippen molar-refractivity contribution in [2.24, 2.45) is 29.1 Å². The Kier molecular flexibility index (Phi) is 5.24.